The largest absolute Gasteiger partial charge is 0.497 e. The van der Waals surface area contributed by atoms with Crippen LogP contribution in [0.25, 0.3) is 0 Å². The number of unbranched alkanes of at least 4 members (excludes halogenated alkanes) is 16. The Hall–Kier alpha value is -5.85. The summed E-state index contributed by atoms with van der Waals surface area (Å²) in [6.07, 6.45) is 28.8. The fourth-order valence-electron chi connectivity index (χ4n) is 11.5. The number of ether oxygens (including phenoxy) is 2. The molecular weight excluding hydrogens is 1060 g/mol. The van der Waals surface area contributed by atoms with Crippen molar-refractivity contribution in [1.82, 2.24) is 30.8 Å². The SMILES string of the molecule is COc1ccc(C(=O)N(CC(C)(C)CCCCCCCCCCCCCCCCCCCC(=O)NCCCN(CC(=O)NCCN)CC(=O)NCCN)c2cccc(C)n2)c(N2CCC(COc3cc([C@@H](CC(=O)O)C4CC4)ccn3)CC2)c1. The Morgan fingerprint density at radius 3 is 1.87 bits per heavy atom. The number of hydrogen-bond donors (Lipinski definition) is 6. The predicted octanol–water partition coefficient (Wildman–Crippen LogP) is 10.1. The van der Waals surface area contributed by atoms with E-state index in [9.17, 15) is 29.1 Å². The third kappa shape index (κ3) is 27.0. The number of hydrogen-bond acceptors (Lipinski definition) is 13. The van der Waals surface area contributed by atoms with E-state index in [-0.39, 0.29) is 54.5 Å². The van der Waals surface area contributed by atoms with Crippen LogP contribution in [0.4, 0.5) is 11.5 Å². The van der Waals surface area contributed by atoms with Gasteiger partial charge in [0.2, 0.25) is 23.6 Å². The number of nitrogens with zero attached hydrogens (tertiary/aromatic N) is 5. The van der Waals surface area contributed by atoms with Crippen LogP contribution in [-0.4, -0.2) is 135 Å². The monoisotopic (exact) mass is 1170 g/mol. The molecule has 8 N–H and O–H groups in total. The first-order chi connectivity index (χ1) is 40.7. The summed E-state index contributed by atoms with van der Waals surface area (Å²) in [7, 11) is 1.66. The predicted molar refractivity (Wildman–Crippen MR) is 336 cm³/mol. The first-order valence-corrected chi connectivity index (χ1v) is 32.1. The van der Waals surface area contributed by atoms with E-state index in [1.807, 2.05) is 60.4 Å². The van der Waals surface area contributed by atoms with Crippen molar-refractivity contribution in [2.24, 2.45) is 28.7 Å². The maximum Gasteiger partial charge on any atom is 0.303 e. The Kier molecular flexibility index (Phi) is 32.0. The van der Waals surface area contributed by atoms with Gasteiger partial charge in [-0.1, -0.05) is 123 Å². The van der Waals surface area contributed by atoms with Crippen LogP contribution >= 0.6 is 0 Å². The highest BCUT2D eigenvalue weighted by atomic mass is 16.5. The van der Waals surface area contributed by atoms with E-state index >= 15 is 0 Å². The molecule has 1 aliphatic heterocycles. The molecule has 0 radical (unpaired) electrons. The maximum atomic E-state index is 15.0. The van der Waals surface area contributed by atoms with Crippen LogP contribution in [0.5, 0.6) is 11.6 Å². The van der Waals surface area contributed by atoms with E-state index in [0.29, 0.717) is 100 Å². The minimum Gasteiger partial charge on any atom is -0.497 e. The zero-order valence-corrected chi connectivity index (χ0v) is 51.8. The van der Waals surface area contributed by atoms with Crippen molar-refractivity contribution < 1.29 is 38.6 Å². The summed E-state index contributed by atoms with van der Waals surface area (Å²) in [5.41, 5.74) is 14.2. The molecule has 18 nitrogen and oxygen atoms in total. The molecule has 3 heterocycles. The molecule has 1 aliphatic carbocycles. The van der Waals surface area contributed by atoms with Crippen molar-refractivity contribution in [1.29, 1.82) is 0 Å². The van der Waals surface area contributed by atoms with Crippen LogP contribution in [0.2, 0.25) is 0 Å². The molecular formula is C66H106N10O8. The Bertz CT molecular complexity index is 2390. The molecule has 5 rings (SSSR count). The Labute approximate surface area is 503 Å². The first-order valence-electron chi connectivity index (χ1n) is 32.1. The lowest BCUT2D eigenvalue weighted by Gasteiger charge is -2.36. The number of carboxylic acids is 1. The molecule has 2 fully saturated rings. The van der Waals surface area contributed by atoms with Gasteiger partial charge in [-0.25, -0.2) is 9.97 Å². The van der Waals surface area contributed by atoms with E-state index in [4.69, 9.17) is 25.9 Å². The fraction of sp³-hybridized carbons (Fsp3) is 0.682. The molecule has 84 heavy (non-hydrogen) atoms. The number of carbonyl (C=O) groups excluding carboxylic acids is 4. The number of aromatic nitrogens is 2. The second kappa shape index (κ2) is 39.0. The molecule has 1 aromatic carbocycles. The molecule has 2 aromatic heterocycles. The van der Waals surface area contributed by atoms with Gasteiger partial charge in [-0.2, -0.15) is 0 Å². The van der Waals surface area contributed by atoms with Gasteiger partial charge in [-0.15, -0.1) is 0 Å². The lowest BCUT2D eigenvalue weighted by molar-refractivity contribution is -0.137. The minimum atomic E-state index is -0.777. The van der Waals surface area contributed by atoms with Gasteiger partial charge >= 0.3 is 5.97 Å². The lowest BCUT2D eigenvalue weighted by atomic mass is 9.85. The molecule has 1 saturated carbocycles. The van der Waals surface area contributed by atoms with Gasteiger partial charge in [-0.05, 0) is 111 Å². The molecule has 2 aliphatic rings. The first kappa shape index (κ1) is 68.9. The molecule has 4 amide bonds. The van der Waals surface area contributed by atoms with Crippen LogP contribution in [0.3, 0.4) is 0 Å². The molecule has 0 bridgehead atoms. The van der Waals surface area contributed by atoms with Crippen molar-refractivity contribution in [2.75, 3.05) is 95.5 Å². The smallest absolute Gasteiger partial charge is 0.303 e. The summed E-state index contributed by atoms with van der Waals surface area (Å²) < 4.78 is 12.0. The number of amides is 4. The summed E-state index contributed by atoms with van der Waals surface area (Å²) in [5.74, 6) is 1.49. The third-order valence-corrected chi connectivity index (χ3v) is 16.5. The van der Waals surface area contributed by atoms with Crippen molar-refractivity contribution in [3.63, 3.8) is 0 Å². The highest BCUT2D eigenvalue weighted by molar-refractivity contribution is 6.09. The van der Waals surface area contributed by atoms with Gasteiger partial charge in [0.1, 0.15) is 11.6 Å². The van der Waals surface area contributed by atoms with E-state index in [0.717, 1.165) is 87.8 Å². The van der Waals surface area contributed by atoms with Crippen LogP contribution in [0.1, 0.15) is 202 Å². The van der Waals surface area contributed by atoms with Gasteiger partial charge < -0.3 is 46.9 Å². The van der Waals surface area contributed by atoms with E-state index in [1.165, 1.54) is 83.5 Å². The molecule has 0 unspecified atom stereocenters. The van der Waals surface area contributed by atoms with Crippen LogP contribution in [0, 0.1) is 24.2 Å². The number of anilines is 2. The fourth-order valence-corrected chi connectivity index (χ4v) is 11.5. The number of piperidine rings is 1. The lowest BCUT2D eigenvalue weighted by Crippen LogP contribution is -2.45. The standard InChI is InChI=1S/C66H106N10O8/c1-51-24-22-25-59(73-51)76(65(82)56-30-29-55(83-4)45-58(56)75-42-32-52(33-43-75)49-84-63-44-54(31-38-72-63)57(46-64(80)81)53-27-28-53)50-66(2,3)34-21-19-17-15-13-11-9-7-5-6-8-10-12-14-16-18-20-26-60(77)69-37-23-41-74(47-61(78)70-39-35-67)48-62(79)71-40-36-68/h22,24-25,29-31,38,44-45,52-53,57H,5-21,23,26-28,32-37,39-43,46-50,67-68H2,1-4H3,(H,69,77)(H,70,78)(H,71,79)(H,80,81)/t57-/m0/s1. The number of carboxylic acid groups (broad SMARTS) is 1. The second-order valence-corrected chi connectivity index (χ2v) is 24.5. The number of carbonyl (C=O) groups is 5. The average Bonchev–Trinajstić information content (AvgIpc) is 3.03. The van der Waals surface area contributed by atoms with Gasteiger partial charge in [-0.3, -0.25) is 33.8 Å². The Morgan fingerprint density at radius 2 is 1.31 bits per heavy atom. The number of nitrogens with one attached hydrogen (secondary N) is 3. The summed E-state index contributed by atoms with van der Waals surface area (Å²) in [6, 6.07) is 15.6. The topological polar surface area (TPSA) is 248 Å². The summed E-state index contributed by atoms with van der Waals surface area (Å²) in [6.45, 7) is 11.8. The van der Waals surface area contributed by atoms with Gasteiger partial charge in [0.05, 0.1) is 44.5 Å². The molecule has 3 aromatic rings. The highest BCUT2D eigenvalue weighted by Gasteiger charge is 2.35. The van der Waals surface area contributed by atoms with E-state index < -0.39 is 5.97 Å². The number of benzene rings is 1. The van der Waals surface area contributed by atoms with Gasteiger partial charge in [0.25, 0.3) is 5.91 Å². The van der Waals surface area contributed by atoms with Crippen molar-refractivity contribution in [3.05, 3.63) is 71.5 Å². The summed E-state index contributed by atoms with van der Waals surface area (Å²) in [4.78, 5) is 78.8. The van der Waals surface area contributed by atoms with Crippen LogP contribution in [-0.2, 0) is 19.2 Å². The Morgan fingerprint density at radius 1 is 0.726 bits per heavy atom. The molecule has 0 spiro atoms. The number of aryl methyl sites for hydroxylation is 1. The van der Waals surface area contributed by atoms with Crippen molar-refractivity contribution in [3.8, 4) is 11.6 Å². The molecule has 1 saturated heterocycles. The number of nitrogens with two attached hydrogens (primary N) is 2. The summed E-state index contributed by atoms with van der Waals surface area (Å²) >= 11 is 0. The zero-order valence-electron chi connectivity index (χ0n) is 51.8. The molecule has 468 valence electrons. The molecule has 1 atom stereocenters. The third-order valence-electron chi connectivity index (χ3n) is 16.5. The average molecular weight is 1170 g/mol. The van der Waals surface area contributed by atoms with Gasteiger partial charge in [0.15, 0.2) is 0 Å². The summed E-state index contributed by atoms with van der Waals surface area (Å²) in [5, 5.41) is 18.0. The maximum absolute atomic E-state index is 15.0. The van der Waals surface area contributed by atoms with Crippen molar-refractivity contribution >= 4 is 41.1 Å². The van der Waals surface area contributed by atoms with E-state index in [2.05, 4.69) is 39.7 Å². The van der Waals surface area contributed by atoms with Gasteiger partial charge in [0, 0.05) is 89.3 Å². The normalized spacial score (nSPS) is 14.1. The molecule has 18 heteroatoms. The van der Waals surface area contributed by atoms with Crippen molar-refractivity contribution in [2.45, 2.75) is 187 Å². The van der Waals surface area contributed by atoms with Crippen LogP contribution in [0.15, 0.2) is 54.7 Å². The number of pyridine rings is 2. The number of rotatable bonds is 45. The number of methoxy groups -OCH3 is 1. The zero-order chi connectivity index (χ0) is 60.4. The van der Waals surface area contributed by atoms with E-state index in [1.54, 1.807) is 18.2 Å². The van der Waals surface area contributed by atoms with Crippen LogP contribution < -0.4 is 46.7 Å². The number of aliphatic carboxylic acids is 1. The highest BCUT2D eigenvalue weighted by Crippen LogP contribution is 2.45. The quantitative estimate of drug-likeness (QED) is 0.0288. The Balaban J connectivity index is 0.917. The second-order valence-electron chi connectivity index (χ2n) is 24.5. The minimum absolute atomic E-state index is 0.00842.